The quantitative estimate of drug-likeness (QED) is 0.754. The van der Waals surface area contributed by atoms with Gasteiger partial charge in [-0.1, -0.05) is 33.3 Å². The number of carbonyl (C=O) groups excluding carboxylic acids is 1. The Morgan fingerprint density at radius 1 is 1.28 bits per heavy atom. The predicted molar refractivity (Wildman–Crippen MR) is 73.4 cm³/mol. The molecule has 98 valence electrons. The predicted octanol–water partition coefficient (Wildman–Crippen LogP) is 3.98. The molecule has 2 rings (SSSR count). The minimum absolute atomic E-state index is 0.0565. The van der Waals surface area contributed by atoms with Gasteiger partial charge in [-0.15, -0.1) is 0 Å². The zero-order chi connectivity index (χ0) is 13.3. The number of ether oxygens (including phenoxy) is 1. The Morgan fingerprint density at radius 3 is 2.39 bits per heavy atom. The fourth-order valence-corrected chi connectivity index (χ4v) is 2.26. The second-order valence-electron chi connectivity index (χ2n) is 6.16. The van der Waals surface area contributed by atoms with E-state index in [4.69, 9.17) is 4.74 Å². The molecule has 0 spiro atoms. The molecule has 1 saturated carbocycles. The number of carbonyl (C=O) groups is 1. The highest BCUT2D eigenvalue weighted by molar-refractivity contribution is 6.01. The Labute approximate surface area is 109 Å². The first-order valence-corrected chi connectivity index (χ1v) is 6.66. The molecule has 0 N–H and O–H groups in total. The van der Waals surface area contributed by atoms with Crippen LogP contribution in [-0.2, 0) is 5.41 Å². The summed E-state index contributed by atoms with van der Waals surface area (Å²) in [7, 11) is 1.63. The molecular weight excluding hydrogens is 224 g/mol. The summed E-state index contributed by atoms with van der Waals surface area (Å²) in [5, 5.41) is 0. The molecule has 2 nitrogen and oxygen atoms in total. The van der Waals surface area contributed by atoms with Crippen LogP contribution in [0.25, 0.3) is 0 Å². The summed E-state index contributed by atoms with van der Waals surface area (Å²) in [6.07, 6.45) is 3.24. The molecule has 0 atom stereocenters. The van der Waals surface area contributed by atoms with Gasteiger partial charge < -0.3 is 4.74 Å². The van der Waals surface area contributed by atoms with Crippen LogP contribution in [0, 0.1) is 5.92 Å². The molecule has 1 aliphatic rings. The van der Waals surface area contributed by atoms with Crippen molar-refractivity contribution in [3.8, 4) is 5.75 Å². The Balaban J connectivity index is 2.39. The normalized spacial score (nSPS) is 16.2. The van der Waals surface area contributed by atoms with E-state index >= 15 is 0 Å². The van der Waals surface area contributed by atoms with Crippen LogP contribution in [0.1, 0.15) is 56.0 Å². The van der Waals surface area contributed by atoms with Crippen LogP contribution in [0.3, 0.4) is 0 Å². The topological polar surface area (TPSA) is 26.3 Å². The standard InChI is InChI=1S/C16H22O2/c1-16(2,3)12-8-9-14(18-4)13(10-12)15(17)11-6-5-7-11/h8-11H,5-7H2,1-4H3. The first-order chi connectivity index (χ1) is 8.43. The lowest BCUT2D eigenvalue weighted by atomic mass is 9.78. The minimum Gasteiger partial charge on any atom is -0.496 e. The van der Waals surface area contributed by atoms with Gasteiger partial charge in [0.2, 0.25) is 0 Å². The lowest BCUT2D eigenvalue weighted by molar-refractivity contribution is 0.0852. The lowest BCUT2D eigenvalue weighted by Crippen LogP contribution is -2.23. The molecule has 1 fully saturated rings. The molecule has 0 unspecified atom stereocenters. The number of Topliss-reactive ketones (excluding diaryl/α,β-unsaturated/α-hetero) is 1. The van der Waals surface area contributed by atoms with Gasteiger partial charge in [0.1, 0.15) is 5.75 Å². The Morgan fingerprint density at radius 2 is 1.94 bits per heavy atom. The summed E-state index contributed by atoms with van der Waals surface area (Å²) in [5.41, 5.74) is 2.00. The van der Waals surface area contributed by atoms with Gasteiger partial charge in [0.05, 0.1) is 12.7 Å². The highest BCUT2D eigenvalue weighted by Gasteiger charge is 2.29. The average Bonchev–Trinajstić information content (AvgIpc) is 2.24. The van der Waals surface area contributed by atoms with Gasteiger partial charge in [0, 0.05) is 5.92 Å². The molecule has 1 aliphatic carbocycles. The van der Waals surface area contributed by atoms with Gasteiger partial charge >= 0.3 is 0 Å². The third-order valence-electron chi connectivity index (χ3n) is 3.81. The Kier molecular flexibility index (Phi) is 3.47. The zero-order valence-electron chi connectivity index (χ0n) is 11.7. The maximum atomic E-state index is 12.4. The highest BCUT2D eigenvalue weighted by Crippen LogP contribution is 2.34. The number of ketones is 1. The van der Waals surface area contributed by atoms with Crippen molar-refractivity contribution in [2.75, 3.05) is 7.11 Å². The maximum absolute atomic E-state index is 12.4. The molecule has 2 heteroatoms. The Hall–Kier alpha value is -1.31. The number of rotatable bonds is 3. The van der Waals surface area contributed by atoms with Crippen molar-refractivity contribution in [3.63, 3.8) is 0 Å². The van der Waals surface area contributed by atoms with E-state index in [1.165, 1.54) is 12.0 Å². The van der Waals surface area contributed by atoms with Gasteiger partial charge in [-0.3, -0.25) is 4.79 Å². The van der Waals surface area contributed by atoms with E-state index in [1.807, 2.05) is 12.1 Å². The van der Waals surface area contributed by atoms with Crippen LogP contribution >= 0.6 is 0 Å². The third-order valence-corrected chi connectivity index (χ3v) is 3.81. The van der Waals surface area contributed by atoms with Crippen LogP contribution in [0.15, 0.2) is 18.2 Å². The molecule has 1 aromatic carbocycles. The molecule has 0 saturated heterocycles. The van der Waals surface area contributed by atoms with Gasteiger partial charge in [-0.25, -0.2) is 0 Å². The van der Waals surface area contributed by atoms with Crippen LogP contribution in [-0.4, -0.2) is 12.9 Å². The number of benzene rings is 1. The first-order valence-electron chi connectivity index (χ1n) is 6.66. The maximum Gasteiger partial charge on any atom is 0.169 e. The van der Waals surface area contributed by atoms with Gasteiger partial charge in [0.25, 0.3) is 0 Å². The van der Waals surface area contributed by atoms with Crippen molar-refractivity contribution >= 4 is 5.78 Å². The summed E-state index contributed by atoms with van der Waals surface area (Å²) in [6.45, 7) is 6.48. The molecule has 0 radical (unpaired) electrons. The third kappa shape index (κ3) is 2.43. The highest BCUT2D eigenvalue weighted by atomic mass is 16.5. The SMILES string of the molecule is COc1ccc(C(C)(C)C)cc1C(=O)C1CCC1. The van der Waals surface area contributed by atoms with Crippen molar-refractivity contribution in [1.82, 2.24) is 0 Å². The van der Waals surface area contributed by atoms with E-state index in [2.05, 4.69) is 26.8 Å². The summed E-state index contributed by atoms with van der Waals surface area (Å²) in [6, 6.07) is 5.99. The van der Waals surface area contributed by atoms with Crippen molar-refractivity contribution in [3.05, 3.63) is 29.3 Å². The Bertz CT molecular complexity index is 451. The van der Waals surface area contributed by atoms with Gasteiger partial charge in [-0.2, -0.15) is 0 Å². The number of hydrogen-bond acceptors (Lipinski definition) is 2. The van der Waals surface area contributed by atoms with Crippen LogP contribution in [0.2, 0.25) is 0 Å². The zero-order valence-corrected chi connectivity index (χ0v) is 11.7. The van der Waals surface area contributed by atoms with E-state index in [0.717, 1.165) is 18.4 Å². The first kappa shape index (κ1) is 13.1. The monoisotopic (exact) mass is 246 g/mol. The molecule has 1 aromatic rings. The molecule has 0 aromatic heterocycles. The fraction of sp³-hybridized carbons (Fsp3) is 0.562. The van der Waals surface area contributed by atoms with E-state index in [1.54, 1.807) is 7.11 Å². The van der Waals surface area contributed by atoms with E-state index < -0.39 is 0 Å². The van der Waals surface area contributed by atoms with Crippen LogP contribution < -0.4 is 4.74 Å². The fourth-order valence-electron chi connectivity index (χ4n) is 2.26. The van der Waals surface area contributed by atoms with Gasteiger partial charge in [-0.05, 0) is 36.0 Å². The molecule has 18 heavy (non-hydrogen) atoms. The summed E-state index contributed by atoms with van der Waals surface area (Å²) in [4.78, 5) is 12.4. The summed E-state index contributed by atoms with van der Waals surface area (Å²) in [5.74, 6) is 1.18. The average molecular weight is 246 g/mol. The van der Waals surface area contributed by atoms with Crippen molar-refractivity contribution < 1.29 is 9.53 Å². The molecule has 0 aliphatic heterocycles. The van der Waals surface area contributed by atoms with Crippen molar-refractivity contribution in [2.24, 2.45) is 5.92 Å². The molecular formula is C16H22O2. The van der Waals surface area contributed by atoms with E-state index in [9.17, 15) is 4.79 Å². The lowest BCUT2D eigenvalue weighted by Gasteiger charge is -2.26. The molecule has 0 amide bonds. The van der Waals surface area contributed by atoms with E-state index in [-0.39, 0.29) is 17.1 Å². The molecule has 0 heterocycles. The van der Waals surface area contributed by atoms with Crippen molar-refractivity contribution in [1.29, 1.82) is 0 Å². The molecule has 0 bridgehead atoms. The number of methoxy groups -OCH3 is 1. The second-order valence-corrected chi connectivity index (χ2v) is 6.16. The van der Waals surface area contributed by atoms with Crippen LogP contribution in [0.4, 0.5) is 0 Å². The van der Waals surface area contributed by atoms with E-state index in [0.29, 0.717) is 5.75 Å². The summed E-state index contributed by atoms with van der Waals surface area (Å²) >= 11 is 0. The largest absolute Gasteiger partial charge is 0.496 e. The minimum atomic E-state index is 0.0565. The smallest absolute Gasteiger partial charge is 0.169 e. The van der Waals surface area contributed by atoms with Crippen LogP contribution in [0.5, 0.6) is 5.75 Å². The number of hydrogen-bond donors (Lipinski definition) is 0. The summed E-state index contributed by atoms with van der Waals surface area (Å²) < 4.78 is 5.33. The van der Waals surface area contributed by atoms with Gasteiger partial charge in [0.15, 0.2) is 5.78 Å². The van der Waals surface area contributed by atoms with Crippen molar-refractivity contribution in [2.45, 2.75) is 45.4 Å². The second kappa shape index (κ2) is 4.75.